The van der Waals surface area contributed by atoms with E-state index in [1.165, 1.54) is 11.1 Å². The van der Waals surface area contributed by atoms with Crippen LogP contribution < -0.4 is 11.1 Å². The second kappa shape index (κ2) is 9.89. The molecule has 2 heterocycles. The molecule has 1 fully saturated rings. The Labute approximate surface area is 155 Å². The molecule has 1 aromatic heterocycles. The van der Waals surface area contributed by atoms with Gasteiger partial charge in [0.1, 0.15) is 0 Å². The molecular weight excluding hydrogens is 326 g/mol. The van der Waals surface area contributed by atoms with Crippen LogP contribution in [0.1, 0.15) is 16.8 Å². The van der Waals surface area contributed by atoms with Crippen molar-refractivity contribution >= 4 is 5.96 Å². The lowest BCUT2D eigenvalue weighted by molar-refractivity contribution is 0.0342. The first-order chi connectivity index (χ1) is 12.8. The smallest absolute Gasteiger partial charge is 0.188 e. The number of hydrogen-bond acceptors (Lipinski definition) is 4. The number of aromatic nitrogens is 1. The molecule has 1 saturated heterocycles. The van der Waals surface area contributed by atoms with Gasteiger partial charge >= 0.3 is 0 Å². The number of morpholine rings is 1. The maximum Gasteiger partial charge on any atom is 0.188 e. The number of pyridine rings is 1. The van der Waals surface area contributed by atoms with Crippen molar-refractivity contribution < 1.29 is 4.74 Å². The van der Waals surface area contributed by atoms with Gasteiger partial charge in [-0.3, -0.25) is 9.88 Å². The van der Waals surface area contributed by atoms with Crippen LogP contribution in [0.2, 0.25) is 0 Å². The average Bonchev–Trinajstić information content (AvgIpc) is 2.68. The van der Waals surface area contributed by atoms with Gasteiger partial charge in [-0.1, -0.05) is 30.3 Å². The van der Waals surface area contributed by atoms with Gasteiger partial charge in [-0.05, 0) is 23.3 Å². The van der Waals surface area contributed by atoms with Gasteiger partial charge in [0.25, 0.3) is 0 Å². The molecular formula is C20H27N5O. The Morgan fingerprint density at radius 2 is 2.00 bits per heavy atom. The van der Waals surface area contributed by atoms with Crippen LogP contribution in [0.25, 0.3) is 0 Å². The summed E-state index contributed by atoms with van der Waals surface area (Å²) >= 11 is 0. The summed E-state index contributed by atoms with van der Waals surface area (Å²) in [6.45, 7) is 5.90. The molecule has 0 aliphatic carbocycles. The Morgan fingerprint density at radius 1 is 1.15 bits per heavy atom. The second-order valence-corrected chi connectivity index (χ2v) is 6.41. The van der Waals surface area contributed by atoms with Crippen LogP contribution >= 0.6 is 0 Å². The van der Waals surface area contributed by atoms with E-state index in [1.807, 2.05) is 18.2 Å². The highest BCUT2D eigenvalue weighted by molar-refractivity contribution is 5.77. The molecule has 3 N–H and O–H groups in total. The van der Waals surface area contributed by atoms with Crippen LogP contribution in [-0.2, 0) is 24.2 Å². The van der Waals surface area contributed by atoms with E-state index in [-0.39, 0.29) is 0 Å². The SMILES string of the molecule is NC(=NCc1cccc(CN2CCOCC2)c1)NCCc1ccccn1. The van der Waals surface area contributed by atoms with Gasteiger partial charge in [-0.2, -0.15) is 0 Å². The van der Waals surface area contributed by atoms with Gasteiger partial charge < -0.3 is 15.8 Å². The summed E-state index contributed by atoms with van der Waals surface area (Å²) in [5, 5.41) is 3.15. The molecule has 0 amide bonds. The van der Waals surface area contributed by atoms with Crippen LogP contribution in [0, 0.1) is 0 Å². The number of nitrogens with two attached hydrogens (primary N) is 1. The lowest BCUT2D eigenvalue weighted by Gasteiger charge is -2.26. The first-order valence-corrected chi connectivity index (χ1v) is 9.11. The van der Waals surface area contributed by atoms with Crippen molar-refractivity contribution in [3.8, 4) is 0 Å². The number of benzene rings is 1. The maximum absolute atomic E-state index is 5.97. The van der Waals surface area contributed by atoms with E-state index in [0.717, 1.165) is 51.5 Å². The largest absolute Gasteiger partial charge is 0.379 e. The maximum atomic E-state index is 5.97. The Kier molecular flexibility index (Phi) is 6.98. The molecule has 0 unspecified atom stereocenters. The molecule has 1 aromatic carbocycles. The molecule has 138 valence electrons. The van der Waals surface area contributed by atoms with Gasteiger partial charge in [0.2, 0.25) is 0 Å². The second-order valence-electron chi connectivity index (χ2n) is 6.41. The predicted molar refractivity (Wildman–Crippen MR) is 104 cm³/mol. The fourth-order valence-electron chi connectivity index (χ4n) is 2.94. The van der Waals surface area contributed by atoms with E-state index in [9.17, 15) is 0 Å². The number of nitrogens with zero attached hydrogens (tertiary/aromatic N) is 3. The highest BCUT2D eigenvalue weighted by atomic mass is 16.5. The summed E-state index contributed by atoms with van der Waals surface area (Å²) in [4.78, 5) is 11.2. The first-order valence-electron chi connectivity index (χ1n) is 9.11. The number of nitrogens with one attached hydrogen (secondary N) is 1. The molecule has 1 aliphatic heterocycles. The lowest BCUT2D eigenvalue weighted by Crippen LogP contribution is -2.35. The van der Waals surface area contributed by atoms with E-state index >= 15 is 0 Å². The summed E-state index contributed by atoms with van der Waals surface area (Å²) in [6, 6.07) is 14.5. The van der Waals surface area contributed by atoms with Crippen molar-refractivity contribution in [3.05, 3.63) is 65.5 Å². The van der Waals surface area contributed by atoms with E-state index in [4.69, 9.17) is 10.5 Å². The van der Waals surface area contributed by atoms with Crippen molar-refractivity contribution in [2.45, 2.75) is 19.5 Å². The predicted octanol–water partition coefficient (Wildman–Crippen LogP) is 1.56. The third-order valence-corrected chi connectivity index (χ3v) is 4.35. The van der Waals surface area contributed by atoms with Gasteiger partial charge in [0, 0.05) is 44.5 Å². The number of rotatable bonds is 7. The molecule has 6 heteroatoms. The third-order valence-electron chi connectivity index (χ3n) is 4.35. The summed E-state index contributed by atoms with van der Waals surface area (Å²) in [5.74, 6) is 0.472. The summed E-state index contributed by atoms with van der Waals surface area (Å²) < 4.78 is 5.40. The first kappa shape index (κ1) is 18.4. The van der Waals surface area contributed by atoms with Gasteiger partial charge in [-0.25, -0.2) is 4.99 Å². The van der Waals surface area contributed by atoms with Crippen molar-refractivity contribution in [1.29, 1.82) is 0 Å². The Bertz CT molecular complexity index is 698. The van der Waals surface area contributed by atoms with Crippen molar-refractivity contribution in [3.63, 3.8) is 0 Å². The van der Waals surface area contributed by atoms with E-state index in [1.54, 1.807) is 6.20 Å². The number of hydrogen-bond donors (Lipinski definition) is 2. The zero-order chi connectivity index (χ0) is 18.0. The zero-order valence-electron chi connectivity index (χ0n) is 15.1. The average molecular weight is 353 g/mol. The minimum atomic E-state index is 0.472. The van der Waals surface area contributed by atoms with Crippen LogP contribution in [0.5, 0.6) is 0 Å². The lowest BCUT2D eigenvalue weighted by atomic mass is 10.1. The van der Waals surface area contributed by atoms with Crippen molar-refractivity contribution in [1.82, 2.24) is 15.2 Å². The van der Waals surface area contributed by atoms with Gasteiger partial charge in [0.15, 0.2) is 5.96 Å². The van der Waals surface area contributed by atoms with Gasteiger partial charge in [0.05, 0.1) is 19.8 Å². The minimum Gasteiger partial charge on any atom is -0.379 e. The summed E-state index contributed by atoms with van der Waals surface area (Å²) in [5.41, 5.74) is 9.49. The fourth-order valence-corrected chi connectivity index (χ4v) is 2.94. The monoisotopic (exact) mass is 353 g/mol. The Morgan fingerprint density at radius 3 is 2.81 bits per heavy atom. The molecule has 0 bridgehead atoms. The number of guanidine groups is 1. The van der Waals surface area contributed by atoms with E-state index < -0.39 is 0 Å². The zero-order valence-corrected chi connectivity index (χ0v) is 15.1. The topological polar surface area (TPSA) is 75.8 Å². The van der Waals surface area contributed by atoms with E-state index in [2.05, 4.69) is 44.5 Å². The van der Waals surface area contributed by atoms with Crippen LogP contribution in [0.4, 0.5) is 0 Å². The summed E-state index contributed by atoms with van der Waals surface area (Å²) in [6.07, 6.45) is 2.63. The Hall–Kier alpha value is -2.44. The molecule has 0 spiro atoms. The molecule has 1 aliphatic rings. The highest BCUT2D eigenvalue weighted by Gasteiger charge is 2.10. The number of ether oxygens (including phenoxy) is 1. The molecule has 26 heavy (non-hydrogen) atoms. The summed E-state index contributed by atoms with van der Waals surface area (Å²) in [7, 11) is 0. The van der Waals surface area contributed by atoms with Gasteiger partial charge in [-0.15, -0.1) is 0 Å². The normalized spacial score (nSPS) is 15.8. The molecule has 3 rings (SSSR count). The van der Waals surface area contributed by atoms with Crippen LogP contribution in [0.15, 0.2) is 53.7 Å². The molecule has 6 nitrogen and oxygen atoms in total. The molecule has 0 atom stereocenters. The Balaban J connectivity index is 1.45. The van der Waals surface area contributed by atoms with Crippen molar-refractivity contribution in [2.75, 3.05) is 32.8 Å². The molecule has 2 aromatic rings. The quantitative estimate of drug-likeness (QED) is 0.584. The third kappa shape index (κ3) is 6.13. The molecule has 0 radical (unpaired) electrons. The van der Waals surface area contributed by atoms with Crippen LogP contribution in [-0.4, -0.2) is 48.7 Å². The van der Waals surface area contributed by atoms with Crippen LogP contribution in [0.3, 0.4) is 0 Å². The molecule has 0 saturated carbocycles. The standard InChI is InChI=1S/C20H27N5O/c21-20(23-9-7-19-6-1-2-8-22-19)24-15-17-4-3-5-18(14-17)16-25-10-12-26-13-11-25/h1-6,8,14H,7,9-13,15-16H2,(H3,21,23,24). The fraction of sp³-hybridized carbons (Fsp3) is 0.400. The minimum absolute atomic E-state index is 0.472. The highest BCUT2D eigenvalue weighted by Crippen LogP contribution is 2.10. The number of aliphatic imine (C=N–C) groups is 1. The van der Waals surface area contributed by atoms with E-state index in [0.29, 0.717) is 12.5 Å². The van der Waals surface area contributed by atoms with Crippen molar-refractivity contribution in [2.24, 2.45) is 10.7 Å².